The lowest BCUT2D eigenvalue weighted by Crippen LogP contribution is -2.28. The topological polar surface area (TPSA) is 23.5 Å². The molecule has 0 saturated carbocycles. The Morgan fingerprint density at radius 3 is 2.73 bits per heavy atom. The SMILES string of the molecule is CC(C)N1CC[C@H](CCO)C1. The monoisotopic (exact) mass is 157 g/mol. The zero-order chi connectivity index (χ0) is 8.27. The average molecular weight is 157 g/mol. The molecule has 2 nitrogen and oxygen atoms in total. The average Bonchev–Trinajstić information content (AvgIpc) is 2.37. The van der Waals surface area contributed by atoms with Crippen LogP contribution in [0.25, 0.3) is 0 Å². The molecule has 1 heterocycles. The first-order chi connectivity index (χ1) is 5.24. The van der Waals surface area contributed by atoms with Crippen LogP contribution in [0.15, 0.2) is 0 Å². The standard InChI is InChI=1S/C9H19NO/c1-8(2)10-5-3-9(7-10)4-6-11/h8-9,11H,3-7H2,1-2H3/t9-/m1/s1. The predicted molar refractivity (Wildman–Crippen MR) is 46.5 cm³/mol. The molecule has 0 amide bonds. The number of hydrogen-bond acceptors (Lipinski definition) is 2. The molecule has 0 aromatic rings. The van der Waals surface area contributed by atoms with Crippen molar-refractivity contribution < 1.29 is 5.11 Å². The number of likely N-dealkylation sites (tertiary alicyclic amines) is 1. The van der Waals surface area contributed by atoms with Crippen LogP contribution in [0.4, 0.5) is 0 Å². The zero-order valence-electron chi connectivity index (χ0n) is 7.58. The summed E-state index contributed by atoms with van der Waals surface area (Å²) in [6.07, 6.45) is 2.27. The van der Waals surface area contributed by atoms with E-state index in [0.717, 1.165) is 12.3 Å². The number of aliphatic hydroxyl groups is 1. The van der Waals surface area contributed by atoms with Gasteiger partial charge in [-0.1, -0.05) is 0 Å². The maximum atomic E-state index is 8.73. The summed E-state index contributed by atoms with van der Waals surface area (Å²) in [7, 11) is 0. The summed E-state index contributed by atoms with van der Waals surface area (Å²) >= 11 is 0. The lowest BCUT2D eigenvalue weighted by Gasteiger charge is -2.19. The molecule has 0 bridgehead atoms. The van der Waals surface area contributed by atoms with Crippen LogP contribution in [0.2, 0.25) is 0 Å². The summed E-state index contributed by atoms with van der Waals surface area (Å²) in [5.74, 6) is 0.752. The van der Waals surface area contributed by atoms with Crippen molar-refractivity contribution in [3.8, 4) is 0 Å². The first kappa shape index (κ1) is 9.01. The van der Waals surface area contributed by atoms with Gasteiger partial charge >= 0.3 is 0 Å². The molecule has 0 aromatic carbocycles. The van der Waals surface area contributed by atoms with Crippen LogP contribution < -0.4 is 0 Å². The highest BCUT2D eigenvalue weighted by molar-refractivity contribution is 4.77. The zero-order valence-corrected chi connectivity index (χ0v) is 7.58. The molecule has 1 aliphatic rings. The lowest BCUT2D eigenvalue weighted by atomic mass is 10.1. The Morgan fingerprint density at radius 2 is 2.27 bits per heavy atom. The van der Waals surface area contributed by atoms with Gasteiger partial charge in [-0.15, -0.1) is 0 Å². The van der Waals surface area contributed by atoms with Crippen molar-refractivity contribution in [2.45, 2.75) is 32.7 Å². The number of nitrogens with zero attached hydrogens (tertiary/aromatic N) is 1. The van der Waals surface area contributed by atoms with E-state index in [1.54, 1.807) is 0 Å². The first-order valence-corrected chi connectivity index (χ1v) is 4.59. The minimum Gasteiger partial charge on any atom is -0.396 e. The second-order valence-electron chi connectivity index (χ2n) is 3.76. The fraction of sp³-hybridized carbons (Fsp3) is 1.00. The summed E-state index contributed by atoms with van der Waals surface area (Å²) in [4.78, 5) is 2.49. The van der Waals surface area contributed by atoms with E-state index in [-0.39, 0.29) is 0 Å². The van der Waals surface area contributed by atoms with Gasteiger partial charge in [-0.25, -0.2) is 0 Å². The Bertz CT molecular complexity index is 114. The minimum absolute atomic E-state index is 0.358. The normalized spacial score (nSPS) is 26.7. The molecule has 0 spiro atoms. The van der Waals surface area contributed by atoms with Gasteiger partial charge in [0.25, 0.3) is 0 Å². The van der Waals surface area contributed by atoms with Gasteiger partial charge in [0.05, 0.1) is 0 Å². The van der Waals surface area contributed by atoms with E-state index in [1.165, 1.54) is 19.5 Å². The fourth-order valence-electron chi connectivity index (χ4n) is 1.75. The summed E-state index contributed by atoms with van der Waals surface area (Å²) in [6, 6.07) is 0.679. The van der Waals surface area contributed by atoms with Crippen molar-refractivity contribution in [2.75, 3.05) is 19.7 Å². The highest BCUT2D eigenvalue weighted by atomic mass is 16.3. The van der Waals surface area contributed by atoms with Crippen molar-refractivity contribution in [3.63, 3.8) is 0 Å². The van der Waals surface area contributed by atoms with Crippen molar-refractivity contribution in [2.24, 2.45) is 5.92 Å². The van der Waals surface area contributed by atoms with Gasteiger partial charge in [-0.2, -0.15) is 0 Å². The highest BCUT2D eigenvalue weighted by Gasteiger charge is 2.23. The molecule has 0 unspecified atom stereocenters. The van der Waals surface area contributed by atoms with Crippen LogP contribution in [0.5, 0.6) is 0 Å². The van der Waals surface area contributed by atoms with E-state index in [2.05, 4.69) is 18.7 Å². The van der Waals surface area contributed by atoms with E-state index in [4.69, 9.17) is 5.11 Å². The maximum absolute atomic E-state index is 8.73. The van der Waals surface area contributed by atoms with Gasteiger partial charge in [0.1, 0.15) is 0 Å². The van der Waals surface area contributed by atoms with E-state index in [1.807, 2.05) is 0 Å². The summed E-state index contributed by atoms with van der Waals surface area (Å²) in [6.45, 7) is 7.25. The van der Waals surface area contributed by atoms with Crippen LogP contribution in [0, 0.1) is 5.92 Å². The van der Waals surface area contributed by atoms with Gasteiger partial charge in [0.15, 0.2) is 0 Å². The lowest BCUT2D eigenvalue weighted by molar-refractivity contribution is 0.235. The van der Waals surface area contributed by atoms with Crippen LogP contribution in [-0.2, 0) is 0 Å². The molecule has 1 N–H and O–H groups in total. The molecule has 1 aliphatic heterocycles. The van der Waals surface area contributed by atoms with E-state index in [9.17, 15) is 0 Å². The van der Waals surface area contributed by atoms with Gasteiger partial charge in [0.2, 0.25) is 0 Å². The number of rotatable bonds is 3. The smallest absolute Gasteiger partial charge is 0.0434 e. The Labute approximate surface area is 69.2 Å². The second-order valence-corrected chi connectivity index (χ2v) is 3.76. The van der Waals surface area contributed by atoms with Crippen molar-refractivity contribution in [1.29, 1.82) is 0 Å². The van der Waals surface area contributed by atoms with E-state index in [0.29, 0.717) is 12.6 Å². The van der Waals surface area contributed by atoms with Gasteiger partial charge in [0, 0.05) is 19.2 Å². The third kappa shape index (κ3) is 2.46. The van der Waals surface area contributed by atoms with Crippen LogP contribution in [0.3, 0.4) is 0 Å². The van der Waals surface area contributed by atoms with Crippen molar-refractivity contribution in [1.82, 2.24) is 4.90 Å². The molecule has 66 valence electrons. The molecule has 0 radical (unpaired) electrons. The molecule has 1 atom stereocenters. The molecule has 11 heavy (non-hydrogen) atoms. The van der Waals surface area contributed by atoms with Crippen molar-refractivity contribution >= 4 is 0 Å². The third-order valence-corrected chi connectivity index (χ3v) is 2.58. The summed E-state index contributed by atoms with van der Waals surface area (Å²) in [5, 5.41) is 8.73. The molecule has 1 saturated heterocycles. The molecule has 0 aliphatic carbocycles. The Hall–Kier alpha value is -0.0800. The van der Waals surface area contributed by atoms with Crippen LogP contribution in [0.1, 0.15) is 26.7 Å². The summed E-state index contributed by atoms with van der Waals surface area (Å²) in [5.41, 5.74) is 0. The molecular formula is C9H19NO. The van der Waals surface area contributed by atoms with Crippen LogP contribution in [-0.4, -0.2) is 35.7 Å². The first-order valence-electron chi connectivity index (χ1n) is 4.59. The molecule has 2 heteroatoms. The van der Waals surface area contributed by atoms with Gasteiger partial charge < -0.3 is 10.0 Å². The van der Waals surface area contributed by atoms with Crippen LogP contribution >= 0.6 is 0 Å². The van der Waals surface area contributed by atoms with Crippen molar-refractivity contribution in [3.05, 3.63) is 0 Å². The molecular weight excluding hydrogens is 138 g/mol. The Morgan fingerprint density at radius 1 is 1.55 bits per heavy atom. The largest absolute Gasteiger partial charge is 0.396 e. The second kappa shape index (κ2) is 4.07. The molecule has 1 rings (SSSR count). The molecule has 1 fully saturated rings. The summed E-state index contributed by atoms with van der Waals surface area (Å²) < 4.78 is 0. The van der Waals surface area contributed by atoms with E-state index < -0.39 is 0 Å². The van der Waals surface area contributed by atoms with Gasteiger partial charge in [-0.05, 0) is 39.2 Å². The van der Waals surface area contributed by atoms with Gasteiger partial charge in [-0.3, -0.25) is 0 Å². The Kier molecular flexibility index (Phi) is 3.34. The predicted octanol–water partition coefficient (Wildman–Crippen LogP) is 1.10. The van der Waals surface area contributed by atoms with E-state index >= 15 is 0 Å². The quantitative estimate of drug-likeness (QED) is 0.663. The maximum Gasteiger partial charge on any atom is 0.0434 e. The fourth-order valence-corrected chi connectivity index (χ4v) is 1.75. The number of hydrogen-bond donors (Lipinski definition) is 1. The Balaban J connectivity index is 2.23. The minimum atomic E-state index is 0.358. The highest BCUT2D eigenvalue weighted by Crippen LogP contribution is 2.20. The third-order valence-electron chi connectivity index (χ3n) is 2.58. The number of aliphatic hydroxyl groups excluding tert-OH is 1. The molecule has 0 aromatic heterocycles.